The van der Waals surface area contributed by atoms with Crippen LogP contribution in [0.25, 0.3) is 0 Å². The normalized spacial score (nSPS) is 15.8. The maximum absolute atomic E-state index is 14.2. The van der Waals surface area contributed by atoms with E-state index in [1.807, 2.05) is 0 Å². The third-order valence-electron chi connectivity index (χ3n) is 3.87. The van der Waals surface area contributed by atoms with Gasteiger partial charge in [0.2, 0.25) is 0 Å². The molecule has 116 valence electrons. The van der Waals surface area contributed by atoms with Gasteiger partial charge in [0.05, 0.1) is 12.2 Å². The van der Waals surface area contributed by atoms with E-state index < -0.39 is 11.7 Å². The van der Waals surface area contributed by atoms with Crippen molar-refractivity contribution in [2.24, 2.45) is 5.84 Å². The van der Waals surface area contributed by atoms with Gasteiger partial charge in [0.25, 0.3) is 5.91 Å². The van der Waals surface area contributed by atoms with E-state index in [0.29, 0.717) is 0 Å². The van der Waals surface area contributed by atoms with E-state index in [1.54, 1.807) is 4.90 Å². The summed E-state index contributed by atoms with van der Waals surface area (Å²) in [5.41, 5.74) is 2.06. The minimum absolute atomic E-state index is 0.0558. The Balaban J connectivity index is 2.25. The largest absolute Gasteiger partial charge is 0.395 e. The van der Waals surface area contributed by atoms with Gasteiger partial charge in [0, 0.05) is 18.8 Å². The van der Waals surface area contributed by atoms with Crippen molar-refractivity contribution in [2.75, 3.05) is 18.6 Å². The van der Waals surface area contributed by atoms with Crippen molar-refractivity contribution >= 4 is 11.7 Å². The Kier molecular flexibility index (Phi) is 5.46. The van der Waals surface area contributed by atoms with Crippen LogP contribution in [-0.2, 0) is 0 Å². The van der Waals surface area contributed by atoms with Crippen molar-refractivity contribution in [3.63, 3.8) is 0 Å². The number of pyridine rings is 1. The van der Waals surface area contributed by atoms with Gasteiger partial charge in [-0.15, -0.1) is 0 Å². The lowest BCUT2D eigenvalue weighted by atomic mass is 9.93. The SMILES string of the molecule is NNc1nccc(C(=O)N(CCO)C2CCCCC2)c1F. The molecule has 0 atom stereocenters. The van der Waals surface area contributed by atoms with E-state index in [1.165, 1.54) is 12.3 Å². The van der Waals surface area contributed by atoms with Crippen molar-refractivity contribution in [2.45, 2.75) is 38.1 Å². The van der Waals surface area contributed by atoms with Gasteiger partial charge in [0.1, 0.15) is 0 Å². The number of nitrogens with two attached hydrogens (primary N) is 1. The quantitative estimate of drug-likeness (QED) is 0.562. The minimum Gasteiger partial charge on any atom is -0.395 e. The van der Waals surface area contributed by atoms with Crippen LogP contribution < -0.4 is 11.3 Å². The monoisotopic (exact) mass is 296 g/mol. The van der Waals surface area contributed by atoms with Crippen LogP contribution in [-0.4, -0.2) is 40.1 Å². The number of nitrogens with zero attached hydrogens (tertiary/aromatic N) is 2. The first-order chi connectivity index (χ1) is 10.2. The molecule has 0 saturated heterocycles. The number of carbonyl (C=O) groups excluding carboxylic acids is 1. The summed E-state index contributed by atoms with van der Waals surface area (Å²) in [5.74, 6) is 3.84. The Labute approximate surface area is 123 Å². The number of anilines is 1. The van der Waals surface area contributed by atoms with Crippen molar-refractivity contribution in [1.29, 1.82) is 0 Å². The van der Waals surface area contributed by atoms with Gasteiger partial charge >= 0.3 is 0 Å². The summed E-state index contributed by atoms with van der Waals surface area (Å²) in [4.78, 5) is 17.9. The lowest BCUT2D eigenvalue weighted by molar-refractivity contribution is 0.0580. The maximum atomic E-state index is 14.2. The molecule has 0 unspecified atom stereocenters. The number of hydrogen-bond donors (Lipinski definition) is 3. The summed E-state index contributed by atoms with van der Waals surface area (Å²) >= 11 is 0. The van der Waals surface area contributed by atoms with E-state index in [-0.39, 0.29) is 30.6 Å². The zero-order valence-corrected chi connectivity index (χ0v) is 11.9. The van der Waals surface area contributed by atoms with Gasteiger partial charge in [-0.25, -0.2) is 15.2 Å². The summed E-state index contributed by atoms with van der Waals surface area (Å²) in [6.45, 7) is 0.0631. The highest BCUT2D eigenvalue weighted by molar-refractivity contribution is 5.95. The summed E-state index contributed by atoms with van der Waals surface area (Å²) in [7, 11) is 0. The van der Waals surface area contributed by atoms with Gasteiger partial charge in [-0.05, 0) is 18.9 Å². The summed E-state index contributed by atoms with van der Waals surface area (Å²) in [6.07, 6.45) is 6.37. The third-order valence-corrected chi connectivity index (χ3v) is 3.87. The molecule has 4 N–H and O–H groups in total. The highest BCUT2D eigenvalue weighted by Gasteiger charge is 2.28. The van der Waals surface area contributed by atoms with Crippen LogP contribution in [0.15, 0.2) is 12.3 Å². The van der Waals surface area contributed by atoms with E-state index in [0.717, 1.165) is 32.1 Å². The molecule has 1 aromatic heterocycles. The highest BCUT2D eigenvalue weighted by Crippen LogP contribution is 2.25. The molecular formula is C14H21FN4O2. The molecule has 0 aromatic carbocycles. The molecule has 7 heteroatoms. The lowest BCUT2D eigenvalue weighted by Crippen LogP contribution is -2.43. The van der Waals surface area contributed by atoms with Crippen molar-refractivity contribution in [1.82, 2.24) is 9.88 Å². The topological polar surface area (TPSA) is 91.5 Å². The average Bonchev–Trinajstić information content (AvgIpc) is 2.53. The predicted octanol–water partition coefficient (Wildman–Crippen LogP) is 1.27. The second-order valence-electron chi connectivity index (χ2n) is 5.18. The first-order valence-corrected chi connectivity index (χ1v) is 7.22. The zero-order valence-electron chi connectivity index (χ0n) is 11.9. The van der Waals surface area contributed by atoms with Crippen LogP contribution in [0.1, 0.15) is 42.5 Å². The van der Waals surface area contributed by atoms with Crippen LogP contribution in [0.2, 0.25) is 0 Å². The molecule has 2 rings (SSSR count). The highest BCUT2D eigenvalue weighted by atomic mass is 19.1. The number of amides is 1. The van der Waals surface area contributed by atoms with Crippen LogP contribution in [0, 0.1) is 5.82 Å². The Hall–Kier alpha value is -1.73. The molecule has 0 spiro atoms. The van der Waals surface area contributed by atoms with Crippen LogP contribution in [0.5, 0.6) is 0 Å². The number of aromatic nitrogens is 1. The molecule has 1 aliphatic rings. The van der Waals surface area contributed by atoms with Crippen molar-refractivity contribution in [3.05, 3.63) is 23.6 Å². The molecular weight excluding hydrogens is 275 g/mol. The Morgan fingerprint density at radius 2 is 2.19 bits per heavy atom. The van der Waals surface area contributed by atoms with E-state index in [4.69, 9.17) is 5.84 Å². The molecule has 6 nitrogen and oxygen atoms in total. The lowest BCUT2D eigenvalue weighted by Gasteiger charge is -2.34. The third kappa shape index (κ3) is 3.48. The number of nitrogens with one attached hydrogen (secondary N) is 1. The molecule has 1 heterocycles. The molecule has 21 heavy (non-hydrogen) atoms. The second-order valence-corrected chi connectivity index (χ2v) is 5.18. The molecule has 1 saturated carbocycles. The number of rotatable bonds is 5. The number of aliphatic hydroxyl groups excluding tert-OH is 1. The fourth-order valence-corrected chi connectivity index (χ4v) is 2.81. The Bertz CT molecular complexity index is 492. The number of hydrogen-bond acceptors (Lipinski definition) is 5. The number of nitrogen functional groups attached to an aromatic ring is 1. The van der Waals surface area contributed by atoms with Crippen LogP contribution in [0.3, 0.4) is 0 Å². The minimum atomic E-state index is -0.760. The van der Waals surface area contributed by atoms with Gasteiger partial charge in [-0.1, -0.05) is 19.3 Å². The molecule has 1 aromatic rings. The molecule has 0 radical (unpaired) electrons. The summed E-state index contributed by atoms with van der Waals surface area (Å²) in [6, 6.07) is 1.39. The molecule has 0 aliphatic heterocycles. The maximum Gasteiger partial charge on any atom is 0.257 e. The van der Waals surface area contributed by atoms with E-state index >= 15 is 0 Å². The van der Waals surface area contributed by atoms with Crippen molar-refractivity contribution in [3.8, 4) is 0 Å². The second kappa shape index (κ2) is 7.33. The van der Waals surface area contributed by atoms with Crippen LogP contribution in [0.4, 0.5) is 10.2 Å². The predicted molar refractivity (Wildman–Crippen MR) is 77.0 cm³/mol. The smallest absolute Gasteiger partial charge is 0.257 e. The summed E-state index contributed by atoms with van der Waals surface area (Å²) in [5, 5.41) is 9.20. The van der Waals surface area contributed by atoms with Gasteiger partial charge in [0.15, 0.2) is 11.6 Å². The van der Waals surface area contributed by atoms with Gasteiger partial charge in [-0.3, -0.25) is 4.79 Å². The molecule has 1 amide bonds. The zero-order chi connectivity index (χ0) is 15.2. The number of aliphatic hydroxyl groups is 1. The number of carbonyl (C=O) groups is 1. The molecule has 0 bridgehead atoms. The summed E-state index contributed by atoms with van der Waals surface area (Å²) < 4.78 is 14.2. The standard InChI is InChI=1S/C14H21FN4O2/c15-12-11(6-7-17-13(12)18-16)14(21)19(8-9-20)10-4-2-1-3-5-10/h6-7,10,20H,1-5,8-9,16H2,(H,17,18). The first kappa shape index (κ1) is 15.7. The van der Waals surface area contributed by atoms with Gasteiger partial charge in [-0.2, -0.15) is 0 Å². The van der Waals surface area contributed by atoms with E-state index in [9.17, 15) is 14.3 Å². The molecule has 1 aliphatic carbocycles. The Morgan fingerprint density at radius 1 is 1.48 bits per heavy atom. The van der Waals surface area contributed by atoms with Gasteiger partial charge < -0.3 is 15.4 Å². The fourth-order valence-electron chi connectivity index (χ4n) is 2.81. The van der Waals surface area contributed by atoms with E-state index in [2.05, 4.69) is 10.4 Å². The average molecular weight is 296 g/mol. The molecule has 1 fully saturated rings. The number of hydrazine groups is 1. The number of halogens is 1. The van der Waals surface area contributed by atoms with Crippen molar-refractivity contribution < 1.29 is 14.3 Å². The van der Waals surface area contributed by atoms with Crippen LogP contribution >= 0.6 is 0 Å². The Morgan fingerprint density at radius 3 is 2.81 bits per heavy atom. The fraction of sp³-hybridized carbons (Fsp3) is 0.571. The first-order valence-electron chi connectivity index (χ1n) is 7.22.